The lowest BCUT2D eigenvalue weighted by atomic mass is 9.69. The molecule has 0 aromatic rings. The van der Waals surface area contributed by atoms with E-state index in [4.69, 9.17) is 0 Å². The van der Waals surface area contributed by atoms with Gasteiger partial charge in [-0.05, 0) is 25.2 Å². The number of aliphatic hydroxyl groups excluding tert-OH is 2. The second-order valence-electron chi connectivity index (χ2n) is 4.00. The maximum Gasteiger partial charge on any atom is 0.0653 e. The van der Waals surface area contributed by atoms with Gasteiger partial charge in [-0.15, -0.1) is 6.58 Å². The molecule has 0 unspecified atom stereocenters. The predicted octanol–water partition coefficient (Wildman–Crippen LogP) is 1.33. The summed E-state index contributed by atoms with van der Waals surface area (Å²) in [5.41, 5.74) is -0.433. The van der Waals surface area contributed by atoms with Crippen molar-refractivity contribution in [3.05, 3.63) is 12.7 Å². The third kappa shape index (κ3) is 1.54. The third-order valence-electron chi connectivity index (χ3n) is 3.03. The minimum atomic E-state index is -0.433. The second-order valence-corrected chi connectivity index (χ2v) is 4.00. The predicted molar refractivity (Wildman–Crippen MR) is 48.7 cm³/mol. The molecule has 0 amide bonds. The highest BCUT2D eigenvalue weighted by atomic mass is 16.3. The van der Waals surface area contributed by atoms with Gasteiger partial charge in [0.2, 0.25) is 0 Å². The van der Waals surface area contributed by atoms with Crippen molar-refractivity contribution in [3.63, 3.8) is 0 Å². The van der Waals surface area contributed by atoms with Gasteiger partial charge in [0.1, 0.15) is 0 Å². The molecule has 1 rings (SSSR count). The molecule has 0 heterocycles. The van der Waals surface area contributed by atoms with E-state index in [0.29, 0.717) is 5.92 Å². The molecular formula is C10H18O2. The van der Waals surface area contributed by atoms with Crippen LogP contribution in [0, 0.1) is 11.3 Å². The van der Waals surface area contributed by atoms with Crippen LogP contribution in [0.3, 0.4) is 0 Å². The fourth-order valence-corrected chi connectivity index (χ4v) is 2.07. The highest BCUT2D eigenvalue weighted by Gasteiger charge is 2.39. The average Bonchev–Trinajstić information content (AvgIpc) is 2.09. The lowest BCUT2D eigenvalue weighted by Gasteiger charge is -2.40. The minimum absolute atomic E-state index is 0.0159. The standard InChI is InChI=1S/C10H18O2/c1-3-10(7-11)6-8(2)4-5-9(10)12/h3,8-9,11-12H,1,4-7H2,2H3/t8-,9-,10-/m1/s1. The quantitative estimate of drug-likeness (QED) is 0.614. The van der Waals surface area contributed by atoms with Crippen LogP contribution in [0.5, 0.6) is 0 Å². The van der Waals surface area contributed by atoms with Crippen molar-refractivity contribution in [2.75, 3.05) is 6.61 Å². The Hall–Kier alpha value is -0.340. The van der Waals surface area contributed by atoms with Crippen LogP contribution < -0.4 is 0 Å². The topological polar surface area (TPSA) is 40.5 Å². The number of aliphatic hydroxyl groups is 2. The van der Waals surface area contributed by atoms with E-state index in [1.807, 2.05) is 0 Å². The zero-order valence-corrected chi connectivity index (χ0v) is 7.66. The van der Waals surface area contributed by atoms with Crippen LogP contribution >= 0.6 is 0 Å². The molecule has 1 fully saturated rings. The molecule has 0 spiro atoms. The lowest BCUT2D eigenvalue weighted by molar-refractivity contribution is -0.0295. The second kappa shape index (κ2) is 3.58. The fourth-order valence-electron chi connectivity index (χ4n) is 2.07. The van der Waals surface area contributed by atoms with Gasteiger partial charge in [-0.25, -0.2) is 0 Å². The normalized spacial score (nSPS) is 42.6. The molecule has 0 aromatic carbocycles. The van der Waals surface area contributed by atoms with Crippen LogP contribution in [-0.2, 0) is 0 Å². The Morgan fingerprint density at radius 1 is 1.58 bits per heavy atom. The van der Waals surface area contributed by atoms with E-state index in [2.05, 4.69) is 13.5 Å². The number of hydrogen-bond acceptors (Lipinski definition) is 2. The van der Waals surface area contributed by atoms with Crippen molar-refractivity contribution < 1.29 is 10.2 Å². The summed E-state index contributed by atoms with van der Waals surface area (Å²) in [6.45, 7) is 5.86. The largest absolute Gasteiger partial charge is 0.395 e. The molecule has 1 aliphatic carbocycles. The number of rotatable bonds is 2. The molecule has 3 atom stereocenters. The molecule has 70 valence electrons. The van der Waals surface area contributed by atoms with Gasteiger partial charge in [-0.3, -0.25) is 0 Å². The van der Waals surface area contributed by atoms with Gasteiger partial charge < -0.3 is 10.2 Å². The smallest absolute Gasteiger partial charge is 0.0653 e. The van der Waals surface area contributed by atoms with Crippen molar-refractivity contribution in [1.29, 1.82) is 0 Å². The third-order valence-corrected chi connectivity index (χ3v) is 3.03. The van der Waals surface area contributed by atoms with E-state index in [1.54, 1.807) is 6.08 Å². The highest BCUT2D eigenvalue weighted by molar-refractivity contribution is 5.02. The van der Waals surface area contributed by atoms with Crippen LogP contribution in [0.25, 0.3) is 0 Å². The first-order valence-electron chi connectivity index (χ1n) is 4.57. The summed E-state index contributed by atoms with van der Waals surface area (Å²) in [6.07, 6.45) is 4.00. The Morgan fingerprint density at radius 3 is 2.67 bits per heavy atom. The monoisotopic (exact) mass is 170 g/mol. The summed E-state index contributed by atoms with van der Waals surface area (Å²) in [6, 6.07) is 0. The average molecular weight is 170 g/mol. The molecule has 12 heavy (non-hydrogen) atoms. The van der Waals surface area contributed by atoms with Gasteiger partial charge in [0.05, 0.1) is 12.7 Å². The fraction of sp³-hybridized carbons (Fsp3) is 0.800. The summed E-state index contributed by atoms with van der Waals surface area (Å²) in [7, 11) is 0. The van der Waals surface area contributed by atoms with Crippen LogP contribution in [0.4, 0.5) is 0 Å². The first-order valence-corrected chi connectivity index (χ1v) is 4.57. The van der Waals surface area contributed by atoms with Crippen LogP contribution in [-0.4, -0.2) is 22.9 Å². The van der Waals surface area contributed by atoms with Crippen molar-refractivity contribution in [3.8, 4) is 0 Å². The summed E-state index contributed by atoms with van der Waals surface area (Å²) < 4.78 is 0. The van der Waals surface area contributed by atoms with E-state index < -0.39 is 11.5 Å². The molecule has 0 bridgehead atoms. The Kier molecular flexibility index (Phi) is 2.91. The van der Waals surface area contributed by atoms with Crippen molar-refractivity contribution in [2.24, 2.45) is 11.3 Å². The van der Waals surface area contributed by atoms with Crippen molar-refractivity contribution in [2.45, 2.75) is 32.3 Å². The molecule has 0 aromatic heterocycles. The Labute approximate surface area is 73.9 Å². The summed E-state index contributed by atoms with van der Waals surface area (Å²) in [5, 5.41) is 18.9. The van der Waals surface area contributed by atoms with Gasteiger partial charge in [0.25, 0.3) is 0 Å². The molecule has 1 aliphatic rings. The van der Waals surface area contributed by atoms with Crippen LogP contribution in [0.1, 0.15) is 26.2 Å². The SMILES string of the molecule is C=C[C@]1(CO)C[C@H](C)CC[C@H]1O. The lowest BCUT2D eigenvalue weighted by Crippen LogP contribution is -2.41. The van der Waals surface area contributed by atoms with Gasteiger partial charge in [-0.2, -0.15) is 0 Å². The van der Waals surface area contributed by atoms with Gasteiger partial charge in [-0.1, -0.05) is 13.0 Å². The minimum Gasteiger partial charge on any atom is -0.395 e. The maximum atomic E-state index is 9.71. The molecule has 1 saturated carbocycles. The summed E-state index contributed by atoms with van der Waals surface area (Å²) in [4.78, 5) is 0. The maximum absolute atomic E-state index is 9.71. The van der Waals surface area contributed by atoms with E-state index in [9.17, 15) is 10.2 Å². The highest BCUT2D eigenvalue weighted by Crippen LogP contribution is 2.39. The molecule has 2 heteroatoms. The Balaban J connectivity index is 2.75. The summed E-state index contributed by atoms with van der Waals surface area (Å²) >= 11 is 0. The van der Waals surface area contributed by atoms with Gasteiger partial charge in [0, 0.05) is 5.41 Å². The Morgan fingerprint density at radius 2 is 2.25 bits per heavy atom. The van der Waals surface area contributed by atoms with Gasteiger partial charge in [0.15, 0.2) is 0 Å². The number of hydrogen-bond donors (Lipinski definition) is 2. The van der Waals surface area contributed by atoms with Crippen molar-refractivity contribution in [1.82, 2.24) is 0 Å². The van der Waals surface area contributed by atoms with Crippen LogP contribution in [0.2, 0.25) is 0 Å². The van der Waals surface area contributed by atoms with Crippen LogP contribution in [0.15, 0.2) is 12.7 Å². The Bertz CT molecular complexity index is 167. The molecule has 0 saturated heterocycles. The van der Waals surface area contributed by atoms with E-state index in [1.165, 1.54) is 0 Å². The molecule has 0 aliphatic heterocycles. The molecule has 2 N–H and O–H groups in total. The first kappa shape index (κ1) is 9.75. The molecule has 0 radical (unpaired) electrons. The molecule has 2 nitrogen and oxygen atoms in total. The van der Waals surface area contributed by atoms with Gasteiger partial charge >= 0.3 is 0 Å². The zero-order chi connectivity index (χ0) is 9.19. The molecular weight excluding hydrogens is 152 g/mol. The van der Waals surface area contributed by atoms with E-state index >= 15 is 0 Å². The van der Waals surface area contributed by atoms with E-state index in [-0.39, 0.29) is 6.61 Å². The van der Waals surface area contributed by atoms with E-state index in [0.717, 1.165) is 19.3 Å². The zero-order valence-electron chi connectivity index (χ0n) is 7.66. The first-order chi connectivity index (χ1) is 5.64. The van der Waals surface area contributed by atoms with Crippen molar-refractivity contribution >= 4 is 0 Å². The summed E-state index contributed by atoms with van der Waals surface area (Å²) in [5.74, 6) is 0.582.